The van der Waals surface area contributed by atoms with E-state index in [2.05, 4.69) is 23.6 Å². The van der Waals surface area contributed by atoms with E-state index in [0.29, 0.717) is 29.3 Å². The molecular formula is C29H48N2O4. The SMILES string of the molecule is CC(=O)O[C@H]1C[C@@H]2CC[C@@H]3[C@H](CC[C@]4(C)[C@@H](O)[C@H](N5CCCC5)C[C@@H]34)[C@@]2(C)C[C@@H]1N1CCOCC1. The van der Waals surface area contributed by atoms with Gasteiger partial charge in [0.05, 0.1) is 19.3 Å². The van der Waals surface area contributed by atoms with Gasteiger partial charge in [-0.2, -0.15) is 0 Å². The Labute approximate surface area is 212 Å². The van der Waals surface area contributed by atoms with Crippen LogP contribution in [-0.2, 0) is 14.3 Å². The number of carbonyl (C=O) groups is 1. The van der Waals surface area contributed by atoms with Gasteiger partial charge in [0.25, 0.3) is 0 Å². The van der Waals surface area contributed by atoms with Crippen molar-refractivity contribution in [3.63, 3.8) is 0 Å². The quantitative estimate of drug-likeness (QED) is 0.611. The third kappa shape index (κ3) is 4.00. The monoisotopic (exact) mass is 488 g/mol. The van der Waals surface area contributed by atoms with Crippen LogP contribution in [0.2, 0.25) is 0 Å². The summed E-state index contributed by atoms with van der Waals surface area (Å²) >= 11 is 0. The largest absolute Gasteiger partial charge is 0.461 e. The van der Waals surface area contributed by atoms with Gasteiger partial charge in [0.15, 0.2) is 0 Å². The number of carbonyl (C=O) groups excluding carboxylic acids is 1. The number of nitrogens with zero attached hydrogens (tertiary/aromatic N) is 2. The van der Waals surface area contributed by atoms with Gasteiger partial charge in [0.2, 0.25) is 0 Å². The van der Waals surface area contributed by atoms with Crippen LogP contribution in [0.4, 0.5) is 0 Å². The Morgan fingerprint density at radius 3 is 2.34 bits per heavy atom. The molecule has 4 aliphatic carbocycles. The number of esters is 1. The molecule has 0 aromatic heterocycles. The average molecular weight is 489 g/mol. The van der Waals surface area contributed by atoms with E-state index >= 15 is 0 Å². The van der Waals surface area contributed by atoms with E-state index < -0.39 is 0 Å². The second kappa shape index (κ2) is 9.25. The number of rotatable bonds is 3. The molecular weight excluding hydrogens is 440 g/mol. The lowest BCUT2D eigenvalue weighted by Gasteiger charge is -2.62. The van der Waals surface area contributed by atoms with Crippen molar-refractivity contribution in [2.24, 2.45) is 34.5 Å². The van der Waals surface area contributed by atoms with E-state index in [-0.39, 0.29) is 23.6 Å². The van der Waals surface area contributed by atoms with E-state index in [0.717, 1.165) is 51.0 Å². The van der Waals surface area contributed by atoms with Crippen molar-refractivity contribution < 1.29 is 19.4 Å². The minimum absolute atomic E-state index is 0.0157. The molecule has 6 aliphatic rings. The van der Waals surface area contributed by atoms with Gasteiger partial charge in [-0.15, -0.1) is 0 Å². The third-order valence-corrected chi connectivity index (χ3v) is 12.1. The zero-order valence-electron chi connectivity index (χ0n) is 22.3. The molecule has 198 valence electrons. The molecule has 1 N–H and O–H groups in total. The highest BCUT2D eigenvalue weighted by molar-refractivity contribution is 5.66. The standard InChI is InChI=1S/C29H48N2O4/c1-19(32)35-26-16-20-6-7-21-22(29(20,3)18-25(26)31-12-14-34-15-13-31)8-9-28(2)23(21)17-24(27(28)33)30-10-4-5-11-30/h20-27,33H,4-18H2,1-3H3/t20-,21+,22-,23-,24+,25-,26-,27-,28-,29-/m0/s1. The Kier molecular flexibility index (Phi) is 6.51. The fraction of sp³-hybridized carbons (Fsp3) is 0.966. The summed E-state index contributed by atoms with van der Waals surface area (Å²) in [6, 6.07) is 0.681. The zero-order chi connectivity index (χ0) is 24.4. The lowest BCUT2D eigenvalue weighted by Crippen LogP contribution is -2.61. The minimum Gasteiger partial charge on any atom is -0.461 e. The van der Waals surface area contributed by atoms with E-state index in [1.807, 2.05) is 0 Å². The third-order valence-electron chi connectivity index (χ3n) is 12.1. The van der Waals surface area contributed by atoms with Crippen molar-refractivity contribution in [2.45, 2.75) is 103 Å². The molecule has 6 heteroatoms. The maximum absolute atomic E-state index is 12.0. The van der Waals surface area contributed by atoms with Crippen LogP contribution in [-0.4, -0.2) is 84.6 Å². The molecule has 2 aliphatic heterocycles. The first-order chi connectivity index (χ1) is 16.8. The number of hydrogen-bond donors (Lipinski definition) is 1. The van der Waals surface area contributed by atoms with Gasteiger partial charge in [-0.05, 0) is 105 Å². The van der Waals surface area contributed by atoms with Crippen LogP contribution in [0.5, 0.6) is 0 Å². The van der Waals surface area contributed by atoms with Crippen molar-refractivity contribution in [3.05, 3.63) is 0 Å². The number of hydrogen-bond acceptors (Lipinski definition) is 6. The van der Waals surface area contributed by atoms with Gasteiger partial charge in [-0.1, -0.05) is 13.8 Å². The summed E-state index contributed by atoms with van der Waals surface area (Å²) in [6.45, 7) is 12.4. The lowest BCUT2D eigenvalue weighted by atomic mass is 9.44. The Morgan fingerprint density at radius 1 is 0.914 bits per heavy atom. The first-order valence-electron chi connectivity index (χ1n) is 14.7. The molecule has 6 rings (SSSR count). The van der Waals surface area contributed by atoms with Gasteiger partial charge in [0, 0.05) is 32.1 Å². The average Bonchev–Trinajstić information content (AvgIpc) is 3.46. The predicted molar refractivity (Wildman–Crippen MR) is 135 cm³/mol. The molecule has 35 heavy (non-hydrogen) atoms. The first kappa shape index (κ1) is 24.6. The van der Waals surface area contributed by atoms with E-state index in [1.54, 1.807) is 6.92 Å². The fourth-order valence-electron chi connectivity index (χ4n) is 10.3. The minimum atomic E-state index is -0.169. The summed E-state index contributed by atoms with van der Waals surface area (Å²) in [6.07, 6.45) is 10.8. The molecule has 6 nitrogen and oxygen atoms in total. The van der Waals surface area contributed by atoms with Crippen LogP contribution in [0.3, 0.4) is 0 Å². The summed E-state index contributed by atoms with van der Waals surface area (Å²) in [7, 11) is 0. The Bertz CT molecular complexity index is 796. The second-order valence-electron chi connectivity index (χ2n) is 13.5. The number of morpholine rings is 1. The highest BCUT2D eigenvalue weighted by Crippen LogP contribution is 2.67. The highest BCUT2D eigenvalue weighted by Gasteiger charge is 2.64. The molecule has 2 heterocycles. The molecule has 0 aromatic carbocycles. The maximum Gasteiger partial charge on any atom is 0.302 e. The van der Waals surface area contributed by atoms with E-state index in [1.165, 1.54) is 58.0 Å². The summed E-state index contributed by atoms with van der Waals surface area (Å²) in [5, 5.41) is 11.6. The smallest absolute Gasteiger partial charge is 0.302 e. The van der Waals surface area contributed by atoms with Gasteiger partial charge >= 0.3 is 5.97 Å². The molecule has 0 bridgehead atoms. The van der Waals surface area contributed by atoms with Crippen LogP contribution in [0.15, 0.2) is 0 Å². The molecule has 0 amide bonds. The summed E-state index contributed by atoms with van der Waals surface area (Å²) in [5.74, 6) is 2.61. The topological polar surface area (TPSA) is 62.2 Å². The molecule has 6 fully saturated rings. The second-order valence-corrected chi connectivity index (χ2v) is 13.5. The van der Waals surface area contributed by atoms with Gasteiger partial charge in [0.1, 0.15) is 6.10 Å². The van der Waals surface area contributed by atoms with Crippen molar-refractivity contribution in [1.82, 2.24) is 9.80 Å². The van der Waals surface area contributed by atoms with Crippen LogP contribution in [0.25, 0.3) is 0 Å². The van der Waals surface area contributed by atoms with Crippen LogP contribution in [0.1, 0.15) is 78.6 Å². The zero-order valence-corrected chi connectivity index (χ0v) is 22.3. The number of ether oxygens (including phenoxy) is 2. The molecule has 0 radical (unpaired) electrons. The van der Waals surface area contributed by atoms with Gasteiger partial charge in [-0.3, -0.25) is 14.6 Å². The molecule has 0 spiro atoms. The summed E-state index contributed by atoms with van der Waals surface area (Å²) in [4.78, 5) is 17.2. The molecule has 10 atom stereocenters. The highest BCUT2D eigenvalue weighted by atomic mass is 16.5. The van der Waals surface area contributed by atoms with E-state index in [9.17, 15) is 9.90 Å². The van der Waals surface area contributed by atoms with Crippen LogP contribution in [0, 0.1) is 34.5 Å². The predicted octanol–water partition coefficient (Wildman–Crippen LogP) is 3.71. The van der Waals surface area contributed by atoms with E-state index in [4.69, 9.17) is 9.47 Å². The fourth-order valence-corrected chi connectivity index (χ4v) is 10.3. The first-order valence-corrected chi connectivity index (χ1v) is 14.7. The molecule has 4 saturated carbocycles. The molecule has 2 saturated heterocycles. The number of aliphatic hydroxyl groups excluding tert-OH is 1. The normalized spacial score (nSPS) is 50.9. The Balaban J connectivity index is 1.26. The number of fused-ring (bicyclic) bond motifs is 5. The Morgan fingerprint density at radius 2 is 1.63 bits per heavy atom. The molecule has 0 unspecified atom stereocenters. The summed E-state index contributed by atoms with van der Waals surface area (Å²) < 4.78 is 11.7. The van der Waals surface area contributed by atoms with Crippen molar-refractivity contribution in [3.8, 4) is 0 Å². The van der Waals surface area contributed by atoms with Crippen LogP contribution >= 0.6 is 0 Å². The van der Waals surface area contributed by atoms with Crippen molar-refractivity contribution >= 4 is 5.97 Å². The Hall–Kier alpha value is -0.690. The van der Waals surface area contributed by atoms with Crippen LogP contribution < -0.4 is 0 Å². The maximum atomic E-state index is 12.0. The van der Waals surface area contributed by atoms with Crippen molar-refractivity contribution in [2.75, 3.05) is 39.4 Å². The summed E-state index contributed by atoms with van der Waals surface area (Å²) in [5.41, 5.74) is 0.372. The van der Waals surface area contributed by atoms with Crippen molar-refractivity contribution in [1.29, 1.82) is 0 Å². The number of aliphatic hydroxyl groups is 1. The lowest BCUT2D eigenvalue weighted by molar-refractivity contribution is -0.178. The van der Waals surface area contributed by atoms with Gasteiger partial charge < -0.3 is 14.6 Å². The van der Waals surface area contributed by atoms with Gasteiger partial charge in [-0.25, -0.2) is 0 Å². The molecule has 0 aromatic rings. The number of likely N-dealkylation sites (tertiary alicyclic amines) is 1.